The number of hydrogen-bond acceptors (Lipinski definition) is 5. The molecule has 5 heterocycles. The lowest BCUT2D eigenvalue weighted by Crippen LogP contribution is -2.38. The largest absolute Gasteiger partial charge is 0.355 e. The number of imidazole rings is 1. The summed E-state index contributed by atoms with van der Waals surface area (Å²) in [6, 6.07) is 6.18. The highest BCUT2D eigenvalue weighted by Gasteiger charge is 2.28. The van der Waals surface area contributed by atoms with E-state index < -0.39 is 0 Å². The Labute approximate surface area is 183 Å². The van der Waals surface area contributed by atoms with E-state index in [1.807, 2.05) is 11.2 Å². The van der Waals surface area contributed by atoms with Crippen LogP contribution in [-0.2, 0) is 0 Å². The Kier molecular flexibility index (Phi) is 5.34. The molecule has 0 aromatic carbocycles. The van der Waals surface area contributed by atoms with Gasteiger partial charge in [-0.25, -0.2) is 9.97 Å². The molecular formula is C24H30N6O. The summed E-state index contributed by atoms with van der Waals surface area (Å²) in [5, 5.41) is 0. The first-order chi connectivity index (χ1) is 15.1. The second-order valence-corrected chi connectivity index (χ2v) is 8.98. The monoisotopic (exact) mass is 418 g/mol. The molecule has 0 N–H and O–H groups in total. The number of fused-ring (bicyclic) bond motifs is 1. The standard InChI is InChI=1S/C24H30N6O/c1-17(2)30-16-26-22-21(30)15-20(27-23(22)28-11-3-4-12-28)18-7-13-29(14-8-18)24(31)19-5-9-25-10-6-19/h5-6,9-10,15-18H,3-4,7-8,11-14H2,1-2H3. The SMILES string of the molecule is CC(C)n1cnc2c(N3CCCC3)nc(C3CCN(C(=O)c4ccncc4)CC3)cc21. The van der Waals surface area contributed by atoms with Crippen LogP contribution >= 0.6 is 0 Å². The average Bonchev–Trinajstić information content (AvgIpc) is 3.49. The lowest BCUT2D eigenvalue weighted by molar-refractivity contribution is 0.0712. The number of likely N-dealkylation sites (tertiary alicyclic amines) is 1. The summed E-state index contributed by atoms with van der Waals surface area (Å²) < 4.78 is 2.25. The van der Waals surface area contributed by atoms with Crippen molar-refractivity contribution in [2.24, 2.45) is 0 Å². The van der Waals surface area contributed by atoms with E-state index in [2.05, 4.69) is 34.4 Å². The van der Waals surface area contributed by atoms with Gasteiger partial charge in [-0.15, -0.1) is 0 Å². The molecule has 3 aromatic rings. The van der Waals surface area contributed by atoms with Crippen LogP contribution in [0.15, 0.2) is 36.9 Å². The van der Waals surface area contributed by atoms with Crippen molar-refractivity contribution in [3.05, 3.63) is 48.2 Å². The third-order valence-corrected chi connectivity index (χ3v) is 6.65. The van der Waals surface area contributed by atoms with Crippen molar-refractivity contribution >= 4 is 22.8 Å². The zero-order valence-electron chi connectivity index (χ0n) is 18.4. The van der Waals surface area contributed by atoms with Crippen LogP contribution in [0.2, 0.25) is 0 Å². The molecular weight excluding hydrogens is 388 g/mol. The van der Waals surface area contributed by atoms with Gasteiger partial charge in [0, 0.05) is 61.8 Å². The average molecular weight is 419 g/mol. The zero-order chi connectivity index (χ0) is 21.4. The minimum atomic E-state index is 0.0971. The van der Waals surface area contributed by atoms with Gasteiger partial charge in [0.25, 0.3) is 5.91 Å². The molecule has 0 atom stereocenters. The molecule has 31 heavy (non-hydrogen) atoms. The van der Waals surface area contributed by atoms with E-state index >= 15 is 0 Å². The fraction of sp³-hybridized carbons (Fsp3) is 0.500. The van der Waals surface area contributed by atoms with Crippen molar-refractivity contribution in [2.45, 2.75) is 51.5 Å². The summed E-state index contributed by atoms with van der Waals surface area (Å²) in [4.78, 5) is 31.1. The van der Waals surface area contributed by atoms with E-state index in [4.69, 9.17) is 9.97 Å². The summed E-state index contributed by atoms with van der Waals surface area (Å²) in [6.45, 7) is 8.01. The van der Waals surface area contributed by atoms with Gasteiger partial charge in [-0.3, -0.25) is 9.78 Å². The topological polar surface area (TPSA) is 67.2 Å². The normalized spacial score (nSPS) is 17.8. The van der Waals surface area contributed by atoms with E-state index in [1.165, 1.54) is 18.4 Å². The summed E-state index contributed by atoms with van der Waals surface area (Å²) in [5.74, 6) is 1.50. The quantitative estimate of drug-likeness (QED) is 0.640. The summed E-state index contributed by atoms with van der Waals surface area (Å²) in [5.41, 5.74) is 4.06. The molecule has 162 valence electrons. The number of amides is 1. The second kappa shape index (κ2) is 8.29. The Morgan fingerprint density at radius 1 is 1.06 bits per heavy atom. The first-order valence-electron chi connectivity index (χ1n) is 11.4. The van der Waals surface area contributed by atoms with Gasteiger partial charge >= 0.3 is 0 Å². The van der Waals surface area contributed by atoms with Gasteiger partial charge in [0.2, 0.25) is 0 Å². The summed E-state index contributed by atoms with van der Waals surface area (Å²) in [6.07, 6.45) is 9.61. The van der Waals surface area contributed by atoms with Gasteiger partial charge in [-0.1, -0.05) is 0 Å². The van der Waals surface area contributed by atoms with Crippen molar-refractivity contribution in [2.75, 3.05) is 31.1 Å². The highest BCUT2D eigenvalue weighted by molar-refractivity contribution is 5.94. The summed E-state index contributed by atoms with van der Waals surface area (Å²) >= 11 is 0. The molecule has 1 amide bonds. The molecule has 2 fully saturated rings. The molecule has 0 bridgehead atoms. The van der Waals surface area contributed by atoms with Gasteiger partial charge < -0.3 is 14.4 Å². The molecule has 7 nitrogen and oxygen atoms in total. The van der Waals surface area contributed by atoms with Crippen LogP contribution in [0.5, 0.6) is 0 Å². The van der Waals surface area contributed by atoms with E-state index in [1.54, 1.807) is 24.5 Å². The smallest absolute Gasteiger partial charge is 0.253 e. The van der Waals surface area contributed by atoms with Gasteiger partial charge in [0.1, 0.15) is 5.52 Å². The highest BCUT2D eigenvalue weighted by atomic mass is 16.2. The molecule has 5 rings (SSSR count). The molecule has 0 spiro atoms. The molecule has 0 unspecified atom stereocenters. The molecule has 0 aliphatic carbocycles. The summed E-state index contributed by atoms with van der Waals surface area (Å²) in [7, 11) is 0. The van der Waals surface area contributed by atoms with Crippen molar-refractivity contribution in [1.82, 2.24) is 24.4 Å². The second-order valence-electron chi connectivity index (χ2n) is 8.98. The fourth-order valence-corrected chi connectivity index (χ4v) is 4.86. The molecule has 2 aliphatic heterocycles. The number of piperidine rings is 1. The van der Waals surface area contributed by atoms with Crippen LogP contribution in [0.1, 0.15) is 67.5 Å². The highest BCUT2D eigenvalue weighted by Crippen LogP contribution is 2.34. The van der Waals surface area contributed by atoms with Crippen LogP contribution in [0, 0.1) is 0 Å². The zero-order valence-corrected chi connectivity index (χ0v) is 18.4. The number of carbonyl (C=O) groups excluding carboxylic acids is 1. The van der Waals surface area contributed by atoms with Crippen molar-refractivity contribution in [3.63, 3.8) is 0 Å². The first kappa shape index (κ1) is 20.0. The van der Waals surface area contributed by atoms with Crippen LogP contribution in [0.25, 0.3) is 11.0 Å². The molecule has 7 heteroatoms. The Hall–Kier alpha value is -2.96. The third kappa shape index (κ3) is 3.77. The number of nitrogens with zero attached hydrogens (tertiary/aromatic N) is 6. The fourth-order valence-electron chi connectivity index (χ4n) is 4.86. The Bertz CT molecular complexity index is 1060. The number of aromatic nitrogens is 4. The van der Waals surface area contributed by atoms with E-state index in [-0.39, 0.29) is 5.91 Å². The lowest BCUT2D eigenvalue weighted by Gasteiger charge is -2.32. The van der Waals surface area contributed by atoms with Crippen LogP contribution in [0.3, 0.4) is 0 Å². The van der Waals surface area contributed by atoms with Crippen LogP contribution in [0.4, 0.5) is 5.82 Å². The Morgan fingerprint density at radius 3 is 2.45 bits per heavy atom. The maximum atomic E-state index is 12.8. The number of rotatable bonds is 4. The molecule has 0 radical (unpaired) electrons. The first-order valence-corrected chi connectivity index (χ1v) is 11.4. The molecule has 3 aromatic heterocycles. The number of carbonyl (C=O) groups is 1. The van der Waals surface area contributed by atoms with E-state index in [0.717, 1.165) is 56.0 Å². The molecule has 0 saturated carbocycles. The van der Waals surface area contributed by atoms with Gasteiger partial charge in [-0.05, 0) is 57.7 Å². The van der Waals surface area contributed by atoms with Gasteiger partial charge in [-0.2, -0.15) is 0 Å². The van der Waals surface area contributed by atoms with Crippen LogP contribution in [-0.4, -0.2) is 56.5 Å². The van der Waals surface area contributed by atoms with Crippen LogP contribution < -0.4 is 4.90 Å². The van der Waals surface area contributed by atoms with Crippen molar-refractivity contribution in [1.29, 1.82) is 0 Å². The maximum Gasteiger partial charge on any atom is 0.253 e. The number of hydrogen-bond donors (Lipinski definition) is 0. The predicted octanol–water partition coefficient (Wildman–Crippen LogP) is 4.03. The van der Waals surface area contributed by atoms with E-state index in [0.29, 0.717) is 17.5 Å². The van der Waals surface area contributed by atoms with Gasteiger partial charge in [0.15, 0.2) is 5.82 Å². The molecule has 2 saturated heterocycles. The lowest BCUT2D eigenvalue weighted by atomic mass is 9.92. The van der Waals surface area contributed by atoms with Gasteiger partial charge in [0.05, 0.1) is 11.8 Å². The maximum absolute atomic E-state index is 12.8. The molecule has 2 aliphatic rings. The number of pyridine rings is 2. The third-order valence-electron chi connectivity index (χ3n) is 6.65. The van der Waals surface area contributed by atoms with E-state index in [9.17, 15) is 4.79 Å². The van der Waals surface area contributed by atoms with Crippen molar-refractivity contribution < 1.29 is 4.79 Å². The Balaban J connectivity index is 1.41. The van der Waals surface area contributed by atoms with Crippen molar-refractivity contribution in [3.8, 4) is 0 Å². The minimum Gasteiger partial charge on any atom is -0.355 e. The number of anilines is 1. The Morgan fingerprint density at radius 2 is 1.77 bits per heavy atom. The minimum absolute atomic E-state index is 0.0971. The predicted molar refractivity (Wildman–Crippen MR) is 121 cm³/mol.